The first kappa shape index (κ1) is 18.6. The molecule has 2 aromatic carbocycles. The van der Waals surface area contributed by atoms with Gasteiger partial charge in [0.05, 0.1) is 18.8 Å². The molecule has 1 saturated heterocycles. The predicted molar refractivity (Wildman–Crippen MR) is 101 cm³/mol. The van der Waals surface area contributed by atoms with Crippen LogP contribution in [0.3, 0.4) is 0 Å². The molecule has 1 fully saturated rings. The highest BCUT2D eigenvalue weighted by Crippen LogP contribution is 2.34. The molecule has 0 bridgehead atoms. The number of methoxy groups -OCH3 is 1. The van der Waals surface area contributed by atoms with Crippen molar-refractivity contribution in [2.24, 2.45) is 0 Å². The van der Waals surface area contributed by atoms with Crippen LogP contribution in [0.2, 0.25) is 0 Å². The van der Waals surface area contributed by atoms with Gasteiger partial charge in [-0.25, -0.2) is 0 Å². The summed E-state index contributed by atoms with van der Waals surface area (Å²) in [5.74, 6) is -0.286. The van der Waals surface area contributed by atoms with Crippen molar-refractivity contribution in [3.8, 4) is 5.75 Å². The Morgan fingerprint density at radius 1 is 1.04 bits per heavy atom. The van der Waals surface area contributed by atoms with Crippen LogP contribution in [0.5, 0.6) is 5.75 Å². The summed E-state index contributed by atoms with van der Waals surface area (Å²) < 4.78 is 17.3. The SMILES string of the molecule is COc1ccccc1C(=O)[C@@H]1OC(C)(C)O[C@@H]1CCCc1ccccc1. The highest BCUT2D eigenvalue weighted by Gasteiger charge is 2.45. The quantitative estimate of drug-likeness (QED) is 0.691. The number of ether oxygens (including phenoxy) is 3. The highest BCUT2D eigenvalue weighted by molar-refractivity contribution is 6.02. The molecule has 0 N–H and O–H groups in total. The van der Waals surface area contributed by atoms with Crippen molar-refractivity contribution in [1.82, 2.24) is 0 Å². The van der Waals surface area contributed by atoms with Crippen LogP contribution in [0.1, 0.15) is 42.6 Å². The lowest BCUT2D eigenvalue weighted by Crippen LogP contribution is -2.32. The van der Waals surface area contributed by atoms with E-state index in [2.05, 4.69) is 12.1 Å². The summed E-state index contributed by atoms with van der Waals surface area (Å²) in [5.41, 5.74) is 1.83. The average molecular weight is 354 g/mol. The molecule has 1 heterocycles. The van der Waals surface area contributed by atoms with Gasteiger partial charge in [-0.2, -0.15) is 0 Å². The van der Waals surface area contributed by atoms with Gasteiger partial charge in [0.25, 0.3) is 0 Å². The fraction of sp³-hybridized carbons (Fsp3) is 0.409. The fourth-order valence-corrected chi connectivity index (χ4v) is 3.42. The van der Waals surface area contributed by atoms with Gasteiger partial charge in [0.15, 0.2) is 17.7 Å². The van der Waals surface area contributed by atoms with Gasteiger partial charge in [-0.15, -0.1) is 0 Å². The number of carbonyl (C=O) groups excluding carboxylic acids is 1. The molecule has 0 amide bonds. The van der Waals surface area contributed by atoms with Crippen LogP contribution in [0.15, 0.2) is 54.6 Å². The molecule has 26 heavy (non-hydrogen) atoms. The second kappa shape index (κ2) is 8.02. The first-order chi connectivity index (χ1) is 12.5. The van der Waals surface area contributed by atoms with Gasteiger partial charge in [0, 0.05) is 0 Å². The predicted octanol–water partition coefficient (Wildman–Crippen LogP) is 4.42. The van der Waals surface area contributed by atoms with Crippen LogP contribution in [0.25, 0.3) is 0 Å². The first-order valence-electron chi connectivity index (χ1n) is 9.07. The summed E-state index contributed by atoms with van der Waals surface area (Å²) in [5, 5.41) is 0. The van der Waals surface area contributed by atoms with Gasteiger partial charge < -0.3 is 14.2 Å². The second-order valence-corrected chi connectivity index (χ2v) is 7.04. The number of hydrogen-bond acceptors (Lipinski definition) is 4. The molecular formula is C22H26O4. The Hall–Kier alpha value is -2.17. The monoisotopic (exact) mass is 354 g/mol. The Kier molecular flexibility index (Phi) is 5.74. The lowest BCUT2D eigenvalue weighted by Gasteiger charge is -2.17. The van der Waals surface area contributed by atoms with Crippen molar-refractivity contribution < 1.29 is 19.0 Å². The van der Waals surface area contributed by atoms with Crippen LogP contribution < -0.4 is 4.74 Å². The largest absolute Gasteiger partial charge is 0.496 e. The van der Waals surface area contributed by atoms with E-state index in [1.54, 1.807) is 19.2 Å². The maximum absolute atomic E-state index is 13.1. The van der Waals surface area contributed by atoms with E-state index in [1.807, 2.05) is 44.2 Å². The standard InChI is InChI=1S/C22H26O4/c1-22(2)25-19(15-9-12-16-10-5-4-6-11-16)21(26-22)20(23)17-13-7-8-14-18(17)24-3/h4-8,10-11,13-14,19,21H,9,12,15H2,1-3H3/t19-,21-/m1/s1. The van der Waals surface area contributed by atoms with Crippen molar-refractivity contribution >= 4 is 5.78 Å². The number of aryl methyl sites for hydroxylation is 1. The van der Waals surface area contributed by atoms with E-state index in [0.29, 0.717) is 11.3 Å². The van der Waals surface area contributed by atoms with Crippen LogP contribution in [-0.2, 0) is 15.9 Å². The van der Waals surface area contributed by atoms with Gasteiger partial charge in [-0.05, 0) is 50.8 Å². The van der Waals surface area contributed by atoms with Gasteiger partial charge >= 0.3 is 0 Å². The lowest BCUT2D eigenvalue weighted by molar-refractivity contribution is -0.143. The minimum Gasteiger partial charge on any atom is -0.496 e. The van der Waals surface area contributed by atoms with E-state index >= 15 is 0 Å². The number of Topliss-reactive ketones (excluding diaryl/α,β-unsaturated/α-hetero) is 1. The molecule has 4 nitrogen and oxygen atoms in total. The normalized spacial score (nSPS) is 21.5. The molecule has 0 spiro atoms. The van der Waals surface area contributed by atoms with E-state index < -0.39 is 11.9 Å². The molecule has 0 aromatic heterocycles. The minimum absolute atomic E-state index is 0.0854. The number of hydrogen-bond donors (Lipinski definition) is 0. The molecule has 4 heteroatoms. The zero-order valence-corrected chi connectivity index (χ0v) is 15.6. The Labute approximate surface area is 155 Å². The molecule has 3 rings (SSSR count). The molecule has 1 aliphatic heterocycles. The van der Waals surface area contributed by atoms with Crippen LogP contribution in [0, 0.1) is 0 Å². The summed E-state index contributed by atoms with van der Waals surface area (Å²) in [6.45, 7) is 3.71. The zero-order chi connectivity index (χ0) is 18.6. The summed E-state index contributed by atoms with van der Waals surface area (Å²) in [7, 11) is 1.57. The zero-order valence-electron chi connectivity index (χ0n) is 15.6. The van der Waals surface area contributed by atoms with E-state index in [4.69, 9.17) is 14.2 Å². The third-order valence-corrected chi connectivity index (χ3v) is 4.61. The van der Waals surface area contributed by atoms with Gasteiger partial charge in [0.2, 0.25) is 0 Å². The van der Waals surface area contributed by atoms with Crippen LogP contribution in [0.4, 0.5) is 0 Å². The van der Waals surface area contributed by atoms with Crippen molar-refractivity contribution in [3.05, 3.63) is 65.7 Å². The molecule has 0 unspecified atom stereocenters. The maximum Gasteiger partial charge on any atom is 0.198 e. The van der Waals surface area contributed by atoms with Gasteiger partial charge in [-0.3, -0.25) is 4.79 Å². The summed E-state index contributed by atoms with van der Waals surface area (Å²) in [6, 6.07) is 17.6. The van der Waals surface area contributed by atoms with Crippen LogP contribution >= 0.6 is 0 Å². The number of benzene rings is 2. The van der Waals surface area contributed by atoms with E-state index in [-0.39, 0.29) is 11.9 Å². The summed E-state index contributed by atoms with van der Waals surface area (Å²) in [6.07, 6.45) is 1.79. The maximum atomic E-state index is 13.1. The van der Waals surface area contributed by atoms with Crippen molar-refractivity contribution in [3.63, 3.8) is 0 Å². The second-order valence-electron chi connectivity index (χ2n) is 7.04. The van der Waals surface area contributed by atoms with Gasteiger partial charge in [-0.1, -0.05) is 42.5 Å². The summed E-state index contributed by atoms with van der Waals surface area (Å²) >= 11 is 0. The number of carbonyl (C=O) groups is 1. The first-order valence-corrected chi connectivity index (χ1v) is 9.07. The highest BCUT2D eigenvalue weighted by atomic mass is 16.8. The topological polar surface area (TPSA) is 44.8 Å². The third-order valence-electron chi connectivity index (χ3n) is 4.61. The molecular weight excluding hydrogens is 328 g/mol. The van der Waals surface area contributed by atoms with Gasteiger partial charge in [0.1, 0.15) is 5.75 Å². The Morgan fingerprint density at radius 2 is 1.73 bits per heavy atom. The molecule has 0 aliphatic carbocycles. The molecule has 2 atom stereocenters. The Balaban J connectivity index is 1.70. The molecule has 2 aromatic rings. The molecule has 0 saturated carbocycles. The van der Waals surface area contributed by atoms with Crippen molar-refractivity contribution in [1.29, 1.82) is 0 Å². The number of rotatable bonds is 7. The van der Waals surface area contributed by atoms with Crippen molar-refractivity contribution in [2.45, 2.75) is 51.1 Å². The van der Waals surface area contributed by atoms with E-state index in [9.17, 15) is 4.79 Å². The van der Waals surface area contributed by atoms with Crippen molar-refractivity contribution in [2.75, 3.05) is 7.11 Å². The lowest BCUT2D eigenvalue weighted by atomic mass is 9.97. The number of para-hydroxylation sites is 1. The Bertz CT molecular complexity index is 739. The smallest absolute Gasteiger partial charge is 0.198 e. The Morgan fingerprint density at radius 3 is 2.46 bits per heavy atom. The summed E-state index contributed by atoms with van der Waals surface area (Å²) in [4.78, 5) is 13.1. The third kappa shape index (κ3) is 4.32. The average Bonchev–Trinajstić information content (AvgIpc) is 2.96. The van der Waals surface area contributed by atoms with E-state index in [0.717, 1.165) is 19.3 Å². The minimum atomic E-state index is -0.764. The van der Waals surface area contributed by atoms with Crippen LogP contribution in [-0.4, -0.2) is 30.9 Å². The molecule has 1 aliphatic rings. The molecule has 138 valence electrons. The molecule has 0 radical (unpaired) electrons. The fourth-order valence-electron chi connectivity index (χ4n) is 3.42. The van der Waals surface area contributed by atoms with E-state index in [1.165, 1.54) is 5.56 Å². The number of ketones is 1.